The molecule has 3 nitrogen and oxygen atoms in total. The van der Waals surface area contributed by atoms with Gasteiger partial charge < -0.3 is 9.53 Å². The van der Waals surface area contributed by atoms with Gasteiger partial charge in [0.2, 0.25) is 0 Å². The minimum Gasteiger partial charge on any atom is -0.413 e. The number of aliphatic hydroxyl groups excluding tert-OH is 1. The number of benzene rings is 1. The molecule has 152 valence electrons. The Labute approximate surface area is 175 Å². The van der Waals surface area contributed by atoms with E-state index in [0.717, 1.165) is 25.1 Å². The summed E-state index contributed by atoms with van der Waals surface area (Å²) in [4.78, 5) is 2.35. The molecule has 0 spiro atoms. The highest BCUT2D eigenvalue weighted by molar-refractivity contribution is 7.59. The Kier molecular flexibility index (Phi) is 9.99. The van der Waals surface area contributed by atoms with Crippen molar-refractivity contribution in [2.24, 2.45) is 0 Å². The van der Waals surface area contributed by atoms with Gasteiger partial charge in [0.15, 0.2) is 8.32 Å². The Morgan fingerprint density at radius 2 is 1.69 bits per heavy atom. The van der Waals surface area contributed by atoms with Crippen LogP contribution in [0.15, 0.2) is 18.2 Å². The van der Waals surface area contributed by atoms with Crippen LogP contribution in [-0.2, 0) is 4.43 Å². The largest absolute Gasteiger partial charge is 0.413 e. The minimum atomic E-state index is -1.71. The molecule has 26 heavy (non-hydrogen) atoms. The first-order chi connectivity index (χ1) is 11.0. The van der Waals surface area contributed by atoms with E-state index < -0.39 is 14.4 Å². The average Bonchev–Trinajstić information content (AvgIpc) is 2.82. The quantitative estimate of drug-likeness (QED) is 0.707. The lowest BCUT2D eigenvalue weighted by Crippen LogP contribution is -2.44. The highest BCUT2D eigenvalue weighted by Crippen LogP contribution is 2.38. The normalized spacial score (nSPS) is 19.6. The summed E-state index contributed by atoms with van der Waals surface area (Å²) in [7, 11) is -1.71. The number of aliphatic hydroxyl groups is 1. The van der Waals surface area contributed by atoms with Gasteiger partial charge >= 0.3 is 0 Å². The van der Waals surface area contributed by atoms with E-state index >= 15 is 0 Å². The maximum Gasteiger partial charge on any atom is 0.192 e. The molecule has 1 saturated heterocycles. The Morgan fingerprint density at radius 3 is 2.19 bits per heavy atom. The smallest absolute Gasteiger partial charge is 0.192 e. The van der Waals surface area contributed by atoms with Crippen molar-refractivity contribution in [1.29, 1.82) is 0 Å². The second-order valence-electron chi connectivity index (χ2n) is 8.99. The van der Waals surface area contributed by atoms with Gasteiger partial charge in [-0.25, -0.2) is 0 Å². The molecule has 0 unspecified atom stereocenters. The number of rotatable bonds is 5. The summed E-state index contributed by atoms with van der Waals surface area (Å²) in [6.07, 6.45) is 0.971. The van der Waals surface area contributed by atoms with Gasteiger partial charge in [0.05, 0.1) is 12.2 Å². The number of nitrogens with zero attached hydrogens (tertiary/aromatic N) is 1. The molecule has 0 radical (unpaired) electrons. The molecule has 2 atom stereocenters. The van der Waals surface area contributed by atoms with Gasteiger partial charge in [0, 0.05) is 19.6 Å². The SMILES string of the molecule is Cc1cc(C)cc([C@@H](O)CN2CC[C@H](O[Si](C)(C)C(C)(C)C)C2)c1.S.S. The van der Waals surface area contributed by atoms with E-state index in [0.29, 0.717) is 12.6 Å². The predicted octanol–water partition coefficient (Wildman–Crippen LogP) is 4.66. The van der Waals surface area contributed by atoms with Crippen LogP contribution in [0, 0.1) is 13.8 Å². The van der Waals surface area contributed by atoms with E-state index in [2.05, 4.69) is 70.8 Å². The fraction of sp³-hybridized carbons (Fsp3) is 0.700. The lowest BCUT2D eigenvalue weighted by Gasteiger charge is -2.38. The Balaban J connectivity index is 0.00000312. The summed E-state index contributed by atoms with van der Waals surface area (Å²) in [6.45, 7) is 18.3. The van der Waals surface area contributed by atoms with Gasteiger partial charge in [-0.3, -0.25) is 4.90 Å². The third-order valence-electron chi connectivity index (χ3n) is 5.56. The van der Waals surface area contributed by atoms with Crippen molar-refractivity contribution in [3.8, 4) is 0 Å². The molecule has 0 aliphatic carbocycles. The van der Waals surface area contributed by atoms with Gasteiger partial charge in [-0.1, -0.05) is 50.1 Å². The van der Waals surface area contributed by atoms with Crippen molar-refractivity contribution in [2.45, 2.75) is 71.4 Å². The summed E-state index contributed by atoms with van der Waals surface area (Å²) >= 11 is 0. The maximum absolute atomic E-state index is 10.6. The lowest BCUT2D eigenvalue weighted by molar-refractivity contribution is 0.115. The fourth-order valence-corrected chi connectivity index (χ4v) is 4.58. The summed E-state index contributed by atoms with van der Waals surface area (Å²) in [5, 5.41) is 10.9. The van der Waals surface area contributed by atoms with Crippen LogP contribution in [0.2, 0.25) is 18.1 Å². The zero-order chi connectivity index (χ0) is 18.1. The van der Waals surface area contributed by atoms with Gasteiger partial charge in [0.25, 0.3) is 0 Å². The molecule has 1 aromatic rings. The third kappa shape index (κ3) is 6.88. The zero-order valence-corrected chi connectivity index (χ0v) is 20.5. The van der Waals surface area contributed by atoms with Crippen LogP contribution >= 0.6 is 27.0 Å². The topological polar surface area (TPSA) is 32.7 Å². The number of hydrogen-bond acceptors (Lipinski definition) is 3. The second-order valence-corrected chi connectivity index (χ2v) is 13.7. The van der Waals surface area contributed by atoms with Crippen molar-refractivity contribution < 1.29 is 9.53 Å². The highest BCUT2D eigenvalue weighted by Gasteiger charge is 2.40. The van der Waals surface area contributed by atoms with E-state index in [1.807, 2.05) is 0 Å². The molecule has 2 rings (SSSR count). The molecule has 1 aromatic carbocycles. The van der Waals surface area contributed by atoms with Crippen LogP contribution in [0.4, 0.5) is 0 Å². The molecule has 0 saturated carbocycles. The average molecular weight is 418 g/mol. The van der Waals surface area contributed by atoms with Gasteiger partial charge in [-0.15, -0.1) is 0 Å². The Morgan fingerprint density at radius 1 is 1.15 bits per heavy atom. The zero-order valence-electron chi connectivity index (χ0n) is 17.5. The molecule has 1 aliphatic heterocycles. The van der Waals surface area contributed by atoms with Crippen LogP contribution in [0.3, 0.4) is 0 Å². The maximum atomic E-state index is 10.6. The second kappa shape index (κ2) is 9.98. The Bertz CT molecular complexity index is 555. The van der Waals surface area contributed by atoms with Crippen molar-refractivity contribution in [1.82, 2.24) is 4.90 Å². The Hall–Kier alpha value is 0.0169. The van der Waals surface area contributed by atoms with Crippen LogP contribution < -0.4 is 0 Å². The predicted molar refractivity (Wildman–Crippen MR) is 125 cm³/mol. The lowest BCUT2D eigenvalue weighted by atomic mass is 10.0. The van der Waals surface area contributed by atoms with E-state index in [1.54, 1.807) is 0 Å². The number of hydrogen-bond donors (Lipinski definition) is 1. The molecular weight excluding hydrogens is 378 g/mol. The molecule has 6 heteroatoms. The van der Waals surface area contributed by atoms with E-state index in [1.165, 1.54) is 11.1 Å². The first kappa shape index (κ1) is 26.0. The van der Waals surface area contributed by atoms with Gasteiger partial charge in [-0.05, 0) is 44.0 Å². The first-order valence-electron chi connectivity index (χ1n) is 9.14. The number of β-amino-alcohol motifs (C(OH)–C–C–N with tert-alkyl or cyclic N) is 1. The van der Waals surface area contributed by atoms with Crippen molar-refractivity contribution in [2.75, 3.05) is 19.6 Å². The third-order valence-corrected chi connectivity index (χ3v) is 10.1. The molecule has 1 fully saturated rings. The van der Waals surface area contributed by atoms with Crippen LogP contribution in [0.25, 0.3) is 0 Å². The van der Waals surface area contributed by atoms with E-state index in [4.69, 9.17) is 4.43 Å². The molecule has 1 heterocycles. The molecule has 1 aliphatic rings. The summed E-state index contributed by atoms with van der Waals surface area (Å²) in [6, 6.07) is 6.34. The summed E-state index contributed by atoms with van der Waals surface area (Å²) < 4.78 is 6.53. The minimum absolute atomic E-state index is 0. The van der Waals surface area contributed by atoms with Crippen LogP contribution in [0.1, 0.15) is 50.0 Å². The highest BCUT2D eigenvalue weighted by atomic mass is 32.1. The molecule has 0 aromatic heterocycles. The van der Waals surface area contributed by atoms with Crippen molar-refractivity contribution >= 4 is 35.3 Å². The molecule has 1 N–H and O–H groups in total. The number of likely N-dealkylation sites (tertiary alicyclic amines) is 1. The van der Waals surface area contributed by atoms with E-state index in [9.17, 15) is 5.11 Å². The summed E-state index contributed by atoms with van der Waals surface area (Å²) in [5.74, 6) is 0. The summed E-state index contributed by atoms with van der Waals surface area (Å²) in [5.41, 5.74) is 3.45. The first-order valence-corrected chi connectivity index (χ1v) is 12.1. The standard InChI is InChI=1S/C20H35NO2Si.2H2S/c1-15-10-16(2)12-17(11-15)19(22)14-21-9-8-18(13-21)23-24(6,7)20(3,4)5;;/h10-12,18-19,22H,8-9,13-14H2,1-7H3;2*1H2/t18-,19-;;/m0../s1. The van der Waals surface area contributed by atoms with Gasteiger partial charge in [0.1, 0.15) is 0 Å². The molecule has 0 bridgehead atoms. The number of aryl methyl sites for hydroxylation is 2. The van der Waals surface area contributed by atoms with Crippen molar-refractivity contribution in [3.63, 3.8) is 0 Å². The van der Waals surface area contributed by atoms with Crippen molar-refractivity contribution in [3.05, 3.63) is 34.9 Å². The van der Waals surface area contributed by atoms with E-state index in [-0.39, 0.29) is 32.0 Å². The van der Waals surface area contributed by atoms with Gasteiger partial charge in [-0.2, -0.15) is 27.0 Å². The monoisotopic (exact) mass is 417 g/mol. The molecule has 0 amide bonds. The van der Waals surface area contributed by atoms with Crippen LogP contribution in [-0.4, -0.2) is 44.1 Å². The molecular formula is C20H39NO2S2Si. The van der Waals surface area contributed by atoms with Crippen LogP contribution in [0.5, 0.6) is 0 Å². The fourth-order valence-electron chi connectivity index (χ4n) is 3.20.